The SMILES string of the molecule is Cc1nc(SC2CCCCC2)ccc1[C@@H](N)c1ccccc1. The molecule has 22 heavy (non-hydrogen) atoms. The molecule has 0 bridgehead atoms. The third-order valence-electron chi connectivity index (χ3n) is 4.43. The first-order valence-corrected chi connectivity index (χ1v) is 9.07. The molecular formula is C19H24N2S. The third-order valence-corrected chi connectivity index (χ3v) is 5.71. The molecule has 0 amide bonds. The quantitative estimate of drug-likeness (QED) is 0.876. The molecule has 1 aliphatic rings. The maximum atomic E-state index is 6.40. The average Bonchev–Trinajstić information content (AvgIpc) is 2.56. The molecule has 116 valence electrons. The van der Waals surface area contributed by atoms with Crippen molar-refractivity contribution in [3.05, 3.63) is 59.3 Å². The number of nitrogens with zero attached hydrogens (tertiary/aromatic N) is 1. The Kier molecular flexibility index (Phi) is 5.16. The van der Waals surface area contributed by atoms with E-state index in [2.05, 4.69) is 31.2 Å². The van der Waals surface area contributed by atoms with Crippen molar-refractivity contribution in [3.8, 4) is 0 Å². The van der Waals surface area contributed by atoms with Gasteiger partial charge in [-0.3, -0.25) is 0 Å². The van der Waals surface area contributed by atoms with Gasteiger partial charge in [-0.15, -0.1) is 11.8 Å². The third kappa shape index (κ3) is 3.71. The highest BCUT2D eigenvalue weighted by Crippen LogP contribution is 2.33. The lowest BCUT2D eigenvalue weighted by Crippen LogP contribution is -2.14. The Hall–Kier alpha value is -1.32. The van der Waals surface area contributed by atoms with Crippen molar-refractivity contribution in [2.75, 3.05) is 0 Å². The van der Waals surface area contributed by atoms with Crippen LogP contribution in [-0.4, -0.2) is 10.2 Å². The van der Waals surface area contributed by atoms with E-state index in [9.17, 15) is 0 Å². The van der Waals surface area contributed by atoms with Crippen molar-refractivity contribution in [2.45, 2.75) is 55.3 Å². The Morgan fingerprint density at radius 2 is 1.77 bits per heavy atom. The molecule has 0 spiro atoms. The van der Waals surface area contributed by atoms with E-state index in [0.717, 1.165) is 27.1 Å². The Morgan fingerprint density at radius 1 is 1.05 bits per heavy atom. The van der Waals surface area contributed by atoms with E-state index in [0.29, 0.717) is 0 Å². The highest BCUT2D eigenvalue weighted by molar-refractivity contribution is 7.99. The van der Waals surface area contributed by atoms with Gasteiger partial charge in [0.1, 0.15) is 0 Å². The van der Waals surface area contributed by atoms with Crippen LogP contribution in [0.15, 0.2) is 47.5 Å². The van der Waals surface area contributed by atoms with Crippen molar-refractivity contribution in [1.29, 1.82) is 0 Å². The Morgan fingerprint density at radius 3 is 2.45 bits per heavy atom. The number of hydrogen-bond donors (Lipinski definition) is 1. The summed E-state index contributed by atoms with van der Waals surface area (Å²) >= 11 is 1.94. The molecule has 2 aromatic rings. The summed E-state index contributed by atoms with van der Waals surface area (Å²) in [5, 5.41) is 1.89. The number of thioether (sulfide) groups is 1. The van der Waals surface area contributed by atoms with Crippen molar-refractivity contribution in [1.82, 2.24) is 4.98 Å². The van der Waals surface area contributed by atoms with E-state index in [-0.39, 0.29) is 6.04 Å². The molecule has 0 saturated heterocycles. The van der Waals surface area contributed by atoms with E-state index >= 15 is 0 Å². The number of pyridine rings is 1. The lowest BCUT2D eigenvalue weighted by molar-refractivity contribution is 0.515. The molecule has 1 fully saturated rings. The monoisotopic (exact) mass is 312 g/mol. The van der Waals surface area contributed by atoms with Gasteiger partial charge in [0, 0.05) is 10.9 Å². The van der Waals surface area contributed by atoms with Gasteiger partial charge in [-0.2, -0.15) is 0 Å². The molecular weight excluding hydrogens is 288 g/mol. The normalized spacial score (nSPS) is 17.4. The summed E-state index contributed by atoms with van der Waals surface area (Å²) in [4.78, 5) is 4.80. The maximum Gasteiger partial charge on any atom is 0.0965 e. The predicted molar refractivity (Wildman–Crippen MR) is 94.2 cm³/mol. The van der Waals surface area contributed by atoms with Gasteiger partial charge in [0.15, 0.2) is 0 Å². The van der Waals surface area contributed by atoms with Gasteiger partial charge in [-0.1, -0.05) is 55.7 Å². The van der Waals surface area contributed by atoms with Crippen LogP contribution < -0.4 is 5.73 Å². The second kappa shape index (κ2) is 7.30. The molecule has 1 heterocycles. The molecule has 2 nitrogen and oxygen atoms in total. The van der Waals surface area contributed by atoms with Crippen LogP contribution >= 0.6 is 11.8 Å². The van der Waals surface area contributed by atoms with Crippen LogP contribution in [0.2, 0.25) is 0 Å². The topological polar surface area (TPSA) is 38.9 Å². The summed E-state index contributed by atoms with van der Waals surface area (Å²) in [5.41, 5.74) is 9.72. The highest BCUT2D eigenvalue weighted by atomic mass is 32.2. The van der Waals surface area contributed by atoms with Gasteiger partial charge in [-0.25, -0.2) is 4.98 Å². The predicted octanol–water partition coefficient (Wildman–Crippen LogP) is 4.86. The minimum Gasteiger partial charge on any atom is -0.320 e. The summed E-state index contributed by atoms with van der Waals surface area (Å²) in [7, 11) is 0. The molecule has 1 aromatic carbocycles. The van der Waals surface area contributed by atoms with Crippen LogP contribution in [0.25, 0.3) is 0 Å². The van der Waals surface area contributed by atoms with Crippen LogP contribution in [0.4, 0.5) is 0 Å². The Balaban J connectivity index is 1.74. The Bertz CT molecular complexity index is 606. The zero-order valence-corrected chi connectivity index (χ0v) is 14.0. The van der Waals surface area contributed by atoms with Crippen molar-refractivity contribution < 1.29 is 0 Å². The molecule has 1 aliphatic carbocycles. The smallest absolute Gasteiger partial charge is 0.0965 e. The van der Waals surface area contributed by atoms with Crippen molar-refractivity contribution in [3.63, 3.8) is 0 Å². The zero-order chi connectivity index (χ0) is 15.4. The number of rotatable bonds is 4. The van der Waals surface area contributed by atoms with Crippen molar-refractivity contribution in [2.24, 2.45) is 5.73 Å². The second-order valence-corrected chi connectivity index (χ2v) is 7.41. The van der Waals surface area contributed by atoms with Crippen LogP contribution in [0.1, 0.15) is 55.0 Å². The number of nitrogens with two attached hydrogens (primary N) is 1. The first kappa shape index (κ1) is 15.6. The van der Waals surface area contributed by atoms with Gasteiger partial charge >= 0.3 is 0 Å². The highest BCUT2D eigenvalue weighted by Gasteiger charge is 2.17. The van der Waals surface area contributed by atoms with Crippen LogP contribution in [-0.2, 0) is 0 Å². The standard InChI is InChI=1S/C19H24N2S/c1-14-17(19(20)15-8-4-2-5-9-15)12-13-18(21-14)22-16-10-6-3-7-11-16/h2,4-5,8-9,12-13,16,19H,3,6-7,10-11,20H2,1H3/t19-/m0/s1. The van der Waals surface area contributed by atoms with Gasteiger partial charge < -0.3 is 5.73 Å². The molecule has 1 aromatic heterocycles. The number of hydrogen-bond acceptors (Lipinski definition) is 3. The van der Waals surface area contributed by atoms with Gasteiger partial charge in [0.2, 0.25) is 0 Å². The van der Waals surface area contributed by atoms with E-state index in [1.54, 1.807) is 0 Å². The number of aryl methyl sites for hydroxylation is 1. The second-order valence-electron chi connectivity index (χ2n) is 6.09. The molecule has 1 atom stereocenters. The number of benzene rings is 1. The summed E-state index contributed by atoms with van der Waals surface area (Å²) in [5.74, 6) is 0. The molecule has 1 saturated carbocycles. The van der Waals surface area contributed by atoms with Gasteiger partial charge in [0.05, 0.1) is 11.1 Å². The molecule has 3 rings (SSSR count). The first-order chi connectivity index (χ1) is 10.7. The number of aromatic nitrogens is 1. The maximum absolute atomic E-state index is 6.40. The fourth-order valence-corrected chi connectivity index (χ4v) is 4.38. The zero-order valence-electron chi connectivity index (χ0n) is 13.2. The minimum absolute atomic E-state index is 0.0950. The van der Waals surface area contributed by atoms with Crippen LogP contribution in [0, 0.1) is 6.92 Å². The van der Waals surface area contributed by atoms with Gasteiger partial charge in [0.25, 0.3) is 0 Å². The molecule has 0 unspecified atom stereocenters. The molecule has 0 radical (unpaired) electrons. The van der Waals surface area contributed by atoms with Crippen LogP contribution in [0.3, 0.4) is 0 Å². The molecule has 2 N–H and O–H groups in total. The summed E-state index contributed by atoms with van der Waals surface area (Å²) in [6.07, 6.45) is 6.79. The Labute approximate surface area is 137 Å². The summed E-state index contributed by atoms with van der Waals surface area (Å²) < 4.78 is 0. The van der Waals surface area contributed by atoms with Crippen molar-refractivity contribution >= 4 is 11.8 Å². The molecule has 0 aliphatic heterocycles. The lowest BCUT2D eigenvalue weighted by Gasteiger charge is -2.21. The van der Waals surface area contributed by atoms with Crippen LogP contribution in [0.5, 0.6) is 0 Å². The molecule has 3 heteroatoms. The van der Waals surface area contributed by atoms with E-state index in [1.165, 1.54) is 32.1 Å². The van der Waals surface area contributed by atoms with E-state index in [1.807, 2.05) is 30.0 Å². The van der Waals surface area contributed by atoms with Gasteiger partial charge in [-0.05, 0) is 37.0 Å². The van der Waals surface area contributed by atoms with E-state index < -0.39 is 0 Å². The summed E-state index contributed by atoms with van der Waals surface area (Å²) in [6, 6.07) is 14.4. The fraction of sp³-hybridized carbons (Fsp3) is 0.421. The minimum atomic E-state index is -0.0950. The largest absolute Gasteiger partial charge is 0.320 e. The summed E-state index contributed by atoms with van der Waals surface area (Å²) in [6.45, 7) is 2.07. The average molecular weight is 312 g/mol. The lowest BCUT2D eigenvalue weighted by atomic mass is 9.99. The van der Waals surface area contributed by atoms with E-state index in [4.69, 9.17) is 10.7 Å². The fourth-order valence-electron chi connectivity index (χ4n) is 3.14. The first-order valence-electron chi connectivity index (χ1n) is 8.19.